The Labute approximate surface area is 142 Å². The fourth-order valence-electron chi connectivity index (χ4n) is 2.06. The second kappa shape index (κ2) is 6.76. The molecule has 0 radical (unpaired) electrons. The van der Waals surface area contributed by atoms with Crippen molar-refractivity contribution < 1.29 is 18.4 Å². The molecule has 0 unspecified atom stereocenters. The van der Waals surface area contributed by atoms with Crippen molar-refractivity contribution in [1.29, 1.82) is 0 Å². The van der Waals surface area contributed by atoms with Crippen LogP contribution in [0.2, 0.25) is 5.02 Å². The van der Waals surface area contributed by atoms with Gasteiger partial charge < -0.3 is 13.6 Å². The number of carbonyl (C=O) groups is 1. The second-order valence-corrected chi connectivity index (χ2v) is 5.47. The third kappa shape index (κ3) is 3.75. The number of amides is 1. The number of halogens is 1. The van der Waals surface area contributed by atoms with E-state index in [0.29, 0.717) is 22.1 Å². The molecule has 0 saturated heterocycles. The summed E-state index contributed by atoms with van der Waals surface area (Å²) in [5, 5.41) is 10.8. The quantitative estimate of drug-likeness (QED) is 0.758. The van der Waals surface area contributed by atoms with Gasteiger partial charge in [0.15, 0.2) is 6.61 Å². The first-order valence-corrected chi connectivity index (χ1v) is 7.48. The number of nitrogens with zero attached hydrogens (tertiary/aromatic N) is 2. The van der Waals surface area contributed by atoms with Crippen molar-refractivity contribution in [2.75, 3.05) is 11.9 Å². The Bertz CT molecular complexity index is 855. The molecule has 3 rings (SSSR count). The van der Waals surface area contributed by atoms with E-state index >= 15 is 0 Å². The molecule has 0 aliphatic heterocycles. The van der Waals surface area contributed by atoms with E-state index in [1.165, 1.54) is 0 Å². The average molecular weight is 348 g/mol. The standard InChI is InChI=1S/C16H14ClN3O4/c1-9-7-13(10(2)23-9)15-19-20-16(24-15)18-14(21)8-22-12-5-3-11(17)4-6-12/h3-7H,8H2,1-2H3,(H,18,20,21). The fourth-order valence-corrected chi connectivity index (χ4v) is 2.19. The summed E-state index contributed by atoms with van der Waals surface area (Å²) in [5.74, 6) is 1.80. The molecule has 1 aromatic carbocycles. The molecule has 124 valence electrons. The van der Waals surface area contributed by atoms with Gasteiger partial charge in [0.25, 0.3) is 11.8 Å². The Balaban J connectivity index is 1.59. The molecule has 24 heavy (non-hydrogen) atoms. The van der Waals surface area contributed by atoms with Crippen molar-refractivity contribution in [3.63, 3.8) is 0 Å². The van der Waals surface area contributed by atoms with Crippen LogP contribution in [0.25, 0.3) is 11.5 Å². The summed E-state index contributed by atoms with van der Waals surface area (Å²) in [6.07, 6.45) is 0. The van der Waals surface area contributed by atoms with Crippen molar-refractivity contribution >= 4 is 23.5 Å². The number of nitrogens with one attached hydrogen (secondary N) is 1. The zero-order valence-electron chi connectivity index (χ0n) is 13.0. The summed E-state index contributed by atoms with van der Waals surface area (Å²) in [7, 11) is 0. The maximum absolute atomic E-state index is 11.9. The van der Waals surface area contributed by atoms with Crippen LogP contribution < -0.4 is 10.1 Å². The molecule has 0 bridgehead atoms. The van der Waals surface area contributed by atoms with Crippen molar-refractivity contribution in [1.82, 2.24) is 10.2 Å². The predicted molar refractivity (Wildman–Crippen MR) is 87.1 cm³/mol. The van der Waals surface area contributed by atoms with E-state index in [1.807, 2.05) is 6.92 Å². The van der Waals surface area contributed by atoms with Crippen molar-refractivity contribution in [3.8, 4) is 17.2 Å². The molecule has 0 aliphatic carbocycles. The number of ether oxygens (including phenoxy) is 1. The van der Waals surface area contributed by atoms with Gasteiger partial charge in [-0.05, 0) is 44.2 Å². The molecular formula is C16H14ClN3O4. The van der Waals surface area contributed by atoms with E-state index in [0.717, 1.165) is 5.76 Å². The van der Waals surface area contributed by atoms with Crippen LogP contribution in [0, 0.1) is 13.8 Å². The second-order valence-electron chi connectivity index (χ2n) is 5.03. The lowest BCUT2D eigenvalue weighted by atomic mass is 10.2. The molecule has 2 heterocycles. The number of aryl methyl sites for hydroxylation is 2. The van der Waals surface area contributed by atoms with Gasteiger partial charge in [0.2, 0.25) is 0 Å². The minimum atomic E-state index is -0.416. The van der Waals surface area contributed by atoms with Crippen molar-refractivity contribution in [2.45, 2.75) is 13.8 Å². The zero-order chi connectivity index (χ0) is 17.1. The van der Waals surface area contributed by atoms with Crippen LogP contribution in [0.3, 0.4) is 0 Å². The highest BCUT2D eigenvalue weighted by Crippen LogP contribution is 2.26. The Morgan fingerprint density at radius 1 is 1.21 bits per heavy atom. The van der Waals surface area contributed by atoms with Gasteiger partial charge in [-0.1, -0.05) is 16.7 Å². The van der Waals surface area contributed by atoms with Crippen molar-refractivity contribution in [3.05, 3.63) is 46.9 Å². The van der Waals surface area contributed by atoms with E-state index in [4.69, 9.17) is 25.2 Å². The van der Waals surface area contributed by atoms with Gasteiger partial charge >= 0.3 is 6.01 Å². The first-order valence-electron chi connectivity index (χ1n) is 7.10. The topological polar surface area (TPSA) is 90.4 Å². The number of carbonyl (C=O) groups excluding carboxylic acids is 1. The van der Waals surface area contributed by atoms with Gasteiger partial charge in [-0.2, -0.15) is 0 Å². The van der Waals surface area contributed by atoms with Crippen LogP contribution in [0.4, 0.5) is 6.01 Å². The summed E-state index contributed by atoms with van der Waals surface area (Å²) < 4.78 is 16.2. The third-order valence-electron chi connectivity index (χ3n) is 3.13. The minimum absolute atomic E-state index is 0.00652. The van der Waals surface area contributed by atoms with E-state index in [9.17, 15) is 4.79 Å². The summed E-state index contributed by atoms with van der Waals surface area (Å²) in [5.41, 5.74) is 0.693. The van der Waals surface area contributed by atoms with Crippen LogP contribution in [0.15, 0.2) is 39.2 Å². The normalized spacial score (nSPS) is 10.6. The number of aromatic nitrogens is 2. The van der Waals surface area contributed by atoms with E-state index < -0.39 is 5.91 Å². The molecular weight excluding hydrogens is 334 g/mol. The van der Waals surface area contributed by atoms with E-state index in [2.05, 4.69) is 15.5 Å². The van der Waals surface area contributed by atoms with E-state index in [1.54, 1.807) is 37.3 Å². The molecule has 0 spiro atoms. The van der Waals surface area contributed by atoms with Gasteiger partial charge in [0, 0.05) is 5.02 Å². The summed E-state index contributed by atoms with van der Waals surface area (Å²) in [4.78, 5) is 11.9. The molecule has 0 aliphatic rings. The SMILES string of the molecule is Cc1cc(-c2nnc(NC(=O)COc3ccc(Cl)cc3)o2)c(C)o1. The van der Waals surface area contributed by atoms with Gasteiger partial charge in [-0.3, -0.25) is 10.1 Å². The minimum Gasteiger partial charge on any atom is -0.484 e. The van der Waals surface area contributed by atoms with Crippen LogP contribution in [0.1, 0.15) is 11.5 Å². The number of hydrogen-bond donors (Lipinski definition) is 1. The first kappa shape index (κ1) is 16.1. The Morgan fingerprint density at radius 3 is 2.62 bits per heavy atom. The number of hydrogen-bond acceptors (Lipinski definition) is 6. The Hall–Kier alpha value is -2.80. The number of benzene rings is 1. The highest BCUT2D eigenvalue weighted by Gasteiger charge is 2.16. The van der Waals surface area contributed by atoms with Crippen LogP contribution in [-0.2, 0) is 4.79 Å². The summed E-state index contributed by atoms with van der Waals surface area (Å²) in [6.45, 7) is 3.43. The molecule has 0 atom stereocenters. The number of anilines is 1. The number of furan rings is 1. The smallest absolute Gasteiger partial charge is 0.322 e. The predicted octanol–water partition coefficient (Wildman–Crippen LogP) is 3.62. The highest BCUT2D eigenvalue weighted by molar-refractivity contribution is 6.30. The van der Waals surface area contributed by atoms with Crippen LogP contribution in [-0.4, -0.2) is 22.7 Å². The number of rotatable bonds is 5. The molecule has 1 N–H and O–H groups in total. The zero-order valence-corrected chi connectivity index (χ0v) is 13.8. The van der Waals surface area contributed by atoms with Crippen LogP contribution >= 0.6 is 11.6 Å². The lowest BCUT2D eigenvalue weighted by molar-refractivity contribution is -0.118. The molecule has 0 fully saturated rings. The third-order valence-corrected chi connectivity index (χ3v) is 3.38. The molecule has 2 aromatic heterocycles. The fraction of sp³-hybridized carbons (Fsp3) is 0.188. The van der Waals surface area contributed by atoms with E-state index in [-0.39, 0.29) is 18.5 Å². The molecule has 3 aromatic rings. The van der Waals surface area contributed by atoms with Gasteiger partial charge in [0.1, 0.15) is 17.3 Å². The highest BCUT2D eigenvalue weighted by atomic mass is 35.5. The lowest BCUT2D eigenvalue weighted by Crippen LogP contribution is -2.20. The largest absolute Gasteiger partial charge is 0.484 e. The molecule has 7 nitrogen and oxygen atoms in total. The van der Waals surface area contributed by atoms with Crippen molar-refractivity contribution in [2.24, 2.45) is 0 Å². The first-order chi connectivity index (χ1) is 11.5. The molecule has 0 saturated carbocycles. The Kier molecular flexibility index (Phi) is 4.52. The van der Waals surface area contributed by atoms with Gasteiger partial charge in [-0.25, -0.2) is 0 Å². The maximum atomic E-state index is 11.9. The Morgan fingerprint density at radius 2 is 1.96 bits per heavy atom. The monoisotopic (exact) mass is 347 g/mol. The summed E-state index contributed by atoms with van der Waals surface area (Å²) in [6, 6.07) is 8.48. The van der Waals surface area contributed by atoms with Gasteiger partial charge in [-0.15, -0.1) is 5.10 Å². The van der Waals surface area contributed by atoms with Gasteiger partial charge in [0.05, 0.1) is 5.56 Å². The summed E-state index contributed by atoms with van der Waals surface area (Å²) >= 11 is 5.78. The lowest BCUT2D eigenvalue weighted by Gasteiger charge is -2.04. The molecule has 8 heteroatoms. The maximum Gasteiger partial charge on any atom is 0.322 e. The van der Waals surface area contributed by atoms with Crippen LogP contribution in [0.5, 0.6) is 5.75 Å². The molecule has 1 amide bonds. The average Bonchev–Trinajstić information content (AvgIpc) is 3.12.